The Morgan fingerprint density at radius 3 is 2.23 bits per heavy atom. The first-order valence-electron chi connectivity index (χ1n) is 14.4. The highest BCUT2D eigenvalue weighted by molar-refractivity contribution is 7.88. The van der Waals surface area contributed by atoms with Gasteiger partial charge in [-0.1, -0.05) is 12.1 Å². The van der Waals surface area contributed by atoms with Crippen LogP contribution in [0.15, 0.2) is 36.7 Å². The number of sulfonamides is 1. The summed E-state index contributed by atoms with van der Waals surface area (Å²) in [5, 5.41) is 14.3. The van der Waals surface area contributed by atoms with E-state index < -0.39 is 15.6 Å². The van der Waals surface area contributed by atoms with Crippen molar-refractivity contribution in [2.24, 2.45) is 17.8 Å². The molecule has 1 aromatic heterocycles. The van der Waals surface area contributed by atoms with E-state index in [0.29, 0.717) is 63.0 Å². The van der Waals surface area contributed by atoms with Gasteiger partial charge in [0, 0.05) is 45.3 Å². The normalized spacial score (nSPS) is 31.8. The third-order valence-corrected chi connectivity index (χ3v) is 11.0. The SMILES string of the molecule is CS(=O)(=O)N1CCN(c2ncc(N3CCN(C(=O)NC4[C@@H]5CC6C[C@H]4CC(O)(C6)C5)c4ccccc43)cn2)CC1. The van der Waals surface area contributed by atoms with Crippen LogP contribution in [-0.4, -0.2) is 91.0 Å². The Hall–Kier alpha value is -2.96. The summed E-state index contributed by atoms with van der Waals surface area (Å²) in [6, 6.07) is 8.01. The lowest BCUT2D eigenvalue weighted by atomic mass is 9.52. The quantitative estimate of drug-likeness (QED) is 0.577. The van der Waals surface area contributed by atoms with Gasteiger partial charge in [0.15, 0.2) is 0 Å². The number of urea groups is 1. The highest BCUT2D eigenvalue weighted by atomic mass is 32.2. The number of anilines is 4. The van der Waals surface area contributed by atoms with E-state index in [1.807, 2.05) is 34.1 Å². The fourth-order valence-electron chi connectivity index (χ4n) is 8.12. The van der Waals surface area contributed by atoms with E-state index in [1.54, 1.807) is 12.4 Å². The average molecular weight is 568 g/mol. The molecule has 3 heterocycles. The monoisotopic (exact) mass is 567 g/mol. The zero-order chi connectivity index (χ0) is 27.6. The zero-order valence-electron chi connectivity index (χ0n) is 22.8. The molecule has 6 aliphatic rings. The van der Waals surface area contributed by atoms with Crippen LogP contribution in [0.25, 0.3) is 0 Å². The van der Waals surface area contributed by atoms with E-state index in [2.05, 4.69) is 20.2 Å². The fraction of sp³-hybridized carbons (Fsp3) is 0.607. The van der Waals surface area contributed by atoms with E-state index in [0.717, 1.165) is 49.2 Å². The highest BCUT2D eigenvalue weighted by Gasteiger charge is 2.55. The van der Waals surface area contributed by atoms with E-state index in [1.165, 1.54) is 10.6 Å². The predicted octanol–water partition coefficient (Wildman–Crippen LogP) is 2.17. The molecule has 0 spiro atoms. The van der Waals surface area contributed by atoms with E-state index in [4.69, 9.17) is 0 Å². The molecule has 1 aromatic carbocycles. The van der Waals surface area contributed by atoms with Gasteiger partial charge in [0.2, 0.25) is 16.0 Å². The number of carbonyl (C=O) groups excluding carboxylic acids is 1. The molecule has 2 aromatic rings. The first-order chi connectivity index (χ1) is 19.2. The number of piperazine rings is 1. The van der Waals surface area contributed by atoms with Crippen molar-refractivity contribution in [3.8, 4) is 0 Å². The van der Waals surface area contributed by atoms with Crippen molar-refractivity contribution >= 4 is 39.1 Å². The average Bonchev–Trinajstić information content (AvgIpc) is 2.93. The fourth-order valence-corrected chi connectivity index (χ4v) is 8.94. The van der Waals surface area contributed by atoms with Gasteiger partial charge in [-0.05, 0) is 62.0 Å². The second-order valence-corrected chi connectivity index (χ2v) is 14.3. The molecule has 4 saturated carbocycles. The number of rotatable bonds is 4. The van der Waals surface area contributed by atoms with Crippen LogP contribution in [0.2, 0.25) is 0 Å². The number of carbonyl (C=O) groups is 1. The topological polar surface area (TPSA) is 122 Å². The molecule has 0 radical (unpaired) electrons. The molecule has 3 unspecified atom stereocenters. The van der Waals surface area contributed by atoms with E-state index in [-0.39, 0.29) is 12.1 Å². The van der Waals surface area contributed by atoms with Gasteiger partial charge in [-0.3, -0.25) is 4.90 Å². The Labute approximate surface area is 235 Å². The molecular weight excluding hydrogens is 530 g/mol. The van der Waals surface area contributed by atoms with Gasteiger partial charge in [-0.25, -0.2) is 23.2 Å². The summed E-state index contributed by atoms with van der Waals surface area (Å²) in [7, 11) is -3.19. The number of aliphatic hydroxyl groups is 1. The van der Waals surface area contributed by atoms with Crippen molar-refractivity contribution in [3.05, 3.63) is 36.7 Å². The molecule has 1 saturated heterocycles. The number of aromatic nitrogens is 2. The number of nitrogens with zero attached hydrogens (tertiary/aromatic N) is 6. The van der Waals surface area contributed by atoms with Crippen molar-refractivity contribution in [2.45, 2.75) is 43.7 Å². The minimum atomic E-state index is -3.19. The molecule has 2 N–H and O–H groups in total. The molecule has 5 atom stereocenters. The van der Waals surface area contributed by atoms with Crippen molar-refractivity contribution in [1.82, 2.24) is 19.6 Å². The maximum absolute atomic E-state index is 13.6. The molecule has 40 heavy (non-hydrogen) atoms. The number of para-hydroxylation sites is 2. The summed E-state index contributed by atoms with van der Waals surface area (Å²) in [5.74, 6) is 1.91. The highest BCUT2D eigenvalue weighted by Crippen LogP contribution is 2.55. The molecule has 5 fully saturated rings. The maximum atomic E-state index is 13.6. The van der Waals surface area contributed by atoms with Gasteiger partial charge in [0.25, 0.3) is 0 Å². The van der Waals surface area contributed by atoms with Crippen LogP contribution in [0.4, 0.5) is 27.8 Å². The number of hydrogen-bond acceptors (Lipinski definition) is 8. The van der Waals surface area contributed by atoms with Gasteiger partial charge in [-0.2, -0.15) is 4.31 Å². The smallest absolute Gasteiger partial charge is 0.322 e. The first-order valence-corrected chi connectivity index (χ1v) is 16.2. The minimum absolute atomic E-state index is 0.0589. The van der Waals surface area contributed by atoms with Crippen LogP contribution in [-0.2, 0) is 10.0 Å². The van der Waals surface area contributed by atoms with Gasteiger partial charge in [0.1, 0.15) is 0 Å². The number of fused-ring (bicyclic) bond motifs is 1. The zero-order valence-corrected chi connectivity index (χ0v) is 23.6. The van der Waals surface area contributed by atoms with Crippen LogP contribution < -0.4 is 20.0 Å². The van der Waals surface area contributed by atoms with Crippen LogP contribution in [0, 0.1) is 17.8 Å². The maximum Gasteiger partial charge on any atom is 0.322 e. The molecule has 4 aliphatic carbocycles. The number of nitrogens with one attached hydrogen (secondary N) is 1. The predicted molar refractivity (Wildman–Crippen MR) is 152 cm³/mol. The lowest BCUT2D eigenvalue weighted by Crippen LogP contribution is -2.63. The Morgan fingerprint density at radius 1 is 0.950 bits per heavy atom. The van der Waals surface area contributed by atoms with E-state index >= 15 is 0 Å². The van der Waals surface area contributed by atoms with Gasteiger partial charge < -0.3 is 20.2 Å². The molecule has 8 rings (SSSR count). The largest absolute Gasteiger partial charge is 0.390 e. The minimum Gasteiger partial charge on any atom is -0.390 e. The lowest BCUT2D eigenvalue weighted by Gasteiger charge is -2.58. The van der Waals surface area contributed by atoms with Crippen molar-refractivity contribution < 1.29 is 18.3 Å². The van der Waals surface area contributed by atoms with Crippen molar-refractivity contribution in [3.63, 3.8) is 0 Å². The van der Waals surface area contributed by atoms with Crippen LogP contribution >= 0.6 is 0 Å². The summed E-state index contributed by atoms with van der Waals surface area (Å²) in [6.07, 6.45) is 9.60. The van der Waals surface area contributed by atoms with Crippen LogP contribution in [0.3, 0.4) is 0 Å². The molecule has 12 heteroatoms. The second kappa shape index (κ2) is 9.56. The van der Waals surface area contributed by atoms with E-state index in [9.17, 15) is 18.3 Å². The van der Waals surface area contributed by atoms with Gasteiger partial charge >= 0.3 is 6.03 Å². The Bertz CT molecular complexity index is 1380. The Balaban J connectivity index is 1.05. The molecule has 4 bridgehead atoms. The Kier molecular flexibility index (Phi) is 6.21. The molecule has 2 aliphatic heterocycles. The summed E-state index contributed by atoms with van der Waals surface area (Å²) >= 11 is 0. The molecule has 2 amide bonds. The number of hydrogen-bond donors (Lipinski definition) is 2. The van der Waals surface area contributed by atoms with Crippen LogP contribution in [0.1, 0.15) is 32.1 Å². The van der Waals surface area contributed by atoms with Gasteiger partial charge in [-0.15, -0.1) is 0 Å². The van der Waals surface area contributed by atoms with Gasteiger partial charge in [0.05, 0.1) is 41.3 Å². The molecule has 214 valence electrons. The molecule has 11 nitrogen and oxygen atoms in total. The number of benzene rings is 1. The van der Waals surface area contributed by atoms with Crippen LogP contribution in [0.5, 0.6) is 0 Å². The summed E-state index contributed by atoms with van der Waals surface area (Å²) in [4.78, 5) is 28.9. The number of amides is 2. The van der Waals surface area contributed by atoms with Crippen molar-refractivity contribution in [2.75, 3.05) is 60.2 Å². The third-order valence-electron chi connectivity index (χ3n) is 9.71. The summed E-state index contributed by atoms with van der Waals surface area (Å²) in [5.41, 5.74) is 2.12. The standard InChI is InChI=1S/C28H37N7O4S/c1-40(38,39)33-8-6-32(7-9-33)26-29-17-22(18-30-26)34-10-11-35(24-5-3-2-4-23(24)34)27(36)31-25-20-12-19-13-21(25)16-28(37,14-19)15-20/h2-5,17-21,25,37H,6-16H2,1H3,(H,31,36)/t19?,20-,21+,25?,28?. The lowest BCUT2D eigenvalue weighted by molar-refractivity contribution is -0.136. The first kappa shape index (κ1) is 26.0. The molecular formula is C28H37N7O4S. The summed E-state index contributed by atoms with van der Waals surface area (Å²) < 4.78 is 25.1. The third kappa shape index (κ3) is 4.59. The Morgan fingerprint density at radius 2 is 1.60 bits per heavy atom. The second-order valence-electron chi connectivity index (χ2n) is 12.4. The summed E-state index contributed by atoms with van der Waals surface area (Å²) in [6.45, 7) is 3.08. The van der Waals surface area contributed by atoms with Crippen molar-refractivity contribution in [1.29, 1.82) is 0 Å².